The molecule has 0 amide bonds. The summed E-state index contributed by atoms with van der Waals surface area (Å²) in [5, 5.41) is 12.7. The fraction of sp³-hybridized carbons (Fsp3) is 0.375. The van der Waals surface area contributed by atoms with Crippen molar-refractivity contribution >= 4 is 11.0 Å². The number of hydrogen-bond donors (Lipinski definition) is 1. The monoisotopic (exact) mass is 283 g/mol. The molecule has 3 aromatic rings. The van der Waals surface area contributed by atoms with Crippen LogP contribution < -0.4 is 5.32 Å². The minimum absolute atomic E-state index is 0.455. The quantitative estimate of drug-likeness (QED) is 0.704. The molecular weight excluding hydrogens is 266 g/mol. The number of rotatable bonds is 6. The van der Waals surface area contributed by atoms with E-state index < -0.39 is 0 Å². The van der Waals surface area contributed by atoms with Crippen LogP contribution in [0.5, 0.6) is 0 Å². The van der Waals surface area contributed by atoms with Crippen molar-refractivity contribution in [3.63, 3.8) is 0 Å². The average Bonchev–Trinajstić information content (AvgIpc) is 3.04. The van der Waals surface area contributed by atoms with Crippen LogP contribution in [-0.4, -0.2) is 22.8 Å². The first-order valence-corrected chi connectivity index (χ1v) is 7.43. The predicted octanol–water partition coefficient (Wildman–Crippen LogP) is 3.17. The summed E-state index contributed by atoms with van der Waals surface area (Å²) in [7, 11) is 0. The van der Waals surface area contributed by atoms with Gasteiger partial charge in [-0.1, -0.05) is 18.2 Å². The van der Waals surface area contributed by atoms with Crippen LogP contribution in [0.1, 0.15) is 25.2 Å². The van der Waals surface area contributed by atoms with E-state index in [2.05, 4.69) is 15.5 Å². The van der Waals surface area contributed by atoms with E-state index in [-0.39, 0.29) is 0 Å². The van der Waals surface area contributed by atoms with Crippen molar-refractivity contribution < 1.29 is 8.83 Å². The summed E-state index contributed by atoms with van der Waals surface area (Å²) in [6.07, 6.45) is 4.44. The van der Waals surface area contributed by atoms with Gasteiger partial charge >= 0.3 is 0 Å². The maximum absolute atomic E-state index is 5.72. The molecule has 0 saturated heterocycles. The van der Waals surface area contributed by atoms with Crippen LogP contribution >= 0.6 is 0 Å². The summed E-state index contributed by atoms with van der Waals surface area (Å²) in [5.74, 6) is 1.76. The van der Waals surface area contributed by atoms with Gasteiger partial charge in [-0.2, -0.15) is 0 Å². The number of para-hydroxylation sites is 1. The summed E-state index contributed by atoms with van der Waals surface area (Å²) in [6.45, 7) is 1.01. The zero-order valence-corrected chi connectivity index (χ0v) is 11.7. The Bertz CT molecular complexity index is 710. The lowest BCUT2D eigenvalue weighted by Gasteiger charge is -1.99. The second-order valence-electron chi connectivity index (χ2n) is 5.48. The van der Waals surface area contributed by atoms with E-state index in [4.69, 9.17) is 8.83 Å². The fourth-order valence-electron chi connectivity index (χ4n) is 2.37. The summed E-state index contributed by atoms with van der Waals surface area (Å²) in [6, 6.07) is 10.5. The Hall–Kier alpha value is -2.14. The number of fused-ring (bicyclic) bond motifs is 1. The Morgan fingerprint density at radius 1 is 1.14 bits per heavy atom. The Morgan fingerprint density at radius 2 is 2.05 bits per heavy atom. The Morgan fingerprint density at radius 3 is 2.90 bits per heavy atom. The smallest absolute Gasteiger partial charge is 0.283 e. The van der Waals surface area contributed by atoms with Crippen molar-refractivity contribution in [2.75, 3.05) is 6.54 Å². The fourth-order valence-corrected chi connectivity index (χ4v) is 2.37. The van der Waals surface area contributed by atoms with E-state index in [1.54, 1.807) is 0 Å². The molecule has 1 fully saturated rings. The van der Waals surface area contributed by atoms with E-state index in [1.165, 1.54) is 12.8 Å². The number of hydrogen-bond acceptors (Lipinski definition) is 5. The summed E-state index contributed by atoms with van der Waals surface area (Å²) >= 11 is 0. The lowest BCUT2D eigenvalue weighted by atomic mass is 10.2. The predicted molar refractivity (Wildman–Crippen MR) is 78.9 cm³/mol. The molecule has 2 heterocycles. The number of aromatic nitrogens is 2. The summed E-state index contributed by atoms with van der Waals surface area (Å²) in [4.78, 5) is 0. The molecule has 5 heteroatoms. The van der Waals surface area contributed by atoms with Crippen LogP contribution in [0.15, 0.2) is 39.2 Å². The highest BCUT2D eigenvalue weighted by atomic mass is 16.4. The molecule has 0 spiro atoms. The van der Waals surface area contributed by atoms with E-state index in [9.17, 15) is 0 Å². The molecule has 21 heavy (non-hydrogen) atoms. The van der Waals surface area contributed by atoms with Crippen molar-refractivity contribution in [1.29, 1.82) is 0 Å². The lowest BCUT2D eigenvalue weighted by Crippen LogP contribution is -2.17. The first kappa shape index (κ1) is 12.6. The molecule has 1 aromatic carbocycles. The van der Waals surface area contributed by atoms with Gasteiger partial charge in [0, 0.05) is 17.8 Å². The topological polar surface area (TPSA) is 64.1 Å². The van der Waals surface area contributed by atoms with Crippen molar-refractivity contribution in [1.82, 2.24) is 15.5 Å². The molecule has 1 saturated carbocycles. The highest BCUT2D eigenvalue weighted by Crippen LogP contribution is 2.26. The molecule has 4 rings (SSSR count). The van der Waals surface area contributed by atoms with E-state index in [1.807, 2.05) is 30.3 Å². The van der Waals surface area contributed by atoms with Gasteiger partial charge in [0.05, 0.1) is 0 Å². The van der Waals surface area contributed by atoms with Crippen LogP contribution in [-0.2, 0) is 6.42 Å². The average molecular weight is 283 g/mol. The maximum atomic E-state index is 5.72. The molecule has 108 valence electrons. The molecule has 0 unspecified atom stereocenters. The number of nitrogens with one attached hydrogen (secondary N) is 1. The third kappa shape index (κ3) is 2.83. The normalized spacial score (nSPS) is 14.9. The zero-order chi connectivity index (χ0) is 14.1. The van der Waals surface area contributed by atoms with Gasteiger partial charge in [-0.3, -0.25) is 0 Å². The largest absolute Gasteiger partial charge is 0.451 e. The minimum Gasteiger partial charge on any atom is -0.451 e. The molecule has 0 aliphatic heterocycles. The van der Waals surface area contributed by atoms with E-state index in [0.29, 0.717) is 17.5 Å². The highest BCUT2D eigenvalue weighted by molar-refractivity contribution is 5.81. The Balaban J connectivity index is 1.42. The molecule has 1 aliphatic carbocycles. The van der Waals surface area contributed by atoms with Gasteiger partial charge in [-0.25, -0.2) is 0 Å². The third-order valence-electron chi connectivity index (χ3n) is 3.68. The zero-order valence-electron chi connectivity index (χ0n) is 11.7. The second-order valence-corrected chi connectivity index (χ2v) is 5.48. The first-order chi connectivity index (χ1) is 10.4. The molecule has 2 aromatic heterocycles. The summed E-state index contributed by atoms with van der Waals surface area (Å²) in [5.41, 5.74) is 0.834. The molecule has 5 nitrogen and oxygen atoms in total. The molecule has 1 N–H and O–H groups in total. The van der Waals surface area contributed by atoms with Crippen LogP contribution in [0.4, 0.5) is 0 Å². The van der Waals surface area contributed by atoms with Crippen molar-refractivity contribution in [2.24, 2.45) is 0 Å². The van der Waals surface area contributed by atoms with Crippen molar-refractivity contribution in [3.05, 3.63) is 36.2 Å². The highest BCUT2D eigenvalue weighted by Gasteiger charge is 2.19. The van der Waals surface area contributed by atoms with Crippen LogP contribution in [0.3, 0.4) is 0 Å². The molecule has 1 aliphatic rings. The second kappa shape index (κ2) is 5.33. The van der Waals surface area contributed by atoms with Gasteiger partial charge in [0.25, 0.3) is 5.89 Å². The Kier molecular flexibility index (Phi) is 3.20. The number of furan rings is 1. The van der Waals surface area contributed by atoms with Gasteiger partial charge in [-0.15, -0.1) is 10.2 Å². The SMILES string of the molecule is c1ccc2oc(-c3nnc(CCCNC4CC4)o3)cc2c1. The first-order valence-electron chi connectivity index (χ1n) is 7.43. The summed E-state index contributed by atoms with van der Waals surface area (Å²) < 4.78 is 11.4. The van der Waals surface area contributed by atoms with E-state index in [0.717, 1.165) is 36.4 Å². The standard InChI is InChI=1S/C16H17N3O2/c1-2-5-13-11(4-1)10-14(20-13)16-19-18-15(21-16)6-3-9-17-12-7-8-12/h1-2,4-5,10,12,17H,3,6-9H2. The van der Waals surface area contributed by atoms with Crippen LogP contribution in [0, 0.1) is 0 Å². The molecule has 0 bridgehead atoms. The molecular formula is C16H17N3O2. The van der Waals surface area contributed by atoms with Crippen LogP contribution in [0.25, 0.3) is 22.6 Å². The van der Waals surface area contributed by atoms with Gasteiger partial charge in [-0.05, 0) is 37.9 Å². The van der Waals surface area contributed by atoms with Gasteiger partial charge < -0.3 is 14.2 Å². The third-order valence-corrected chi connectivity index (χ3v) is 3.68. The molecule has 0 atom stereocenters. The van der Waals surface area contributed by atoms with Gasteiger partial charge in [0.15, 0.2) is 5.76 Å². The number of nitrogens with zero attached hydrogens (tertiary/aromatic N) is 2. The van der Waals surface area contributed by atoms with Gasteiger partial charge in [0.2, 0.25) is 5.89 Å². The Labute approximate surface area is 122 Å². The van der Waals surface area contributed by atoms with Crippen LogP contribution in [0.2, 0.25) is 0 Å². The van der Waals surface area contributed by atoms with Crippen molar-refractivity contribution in [2.45, 2.75) is 31.7 Å². The maximum Gasteiger partial charge on any atom is 0.283 e. The van der Waals surface area contributed by atoms with Crippen molar-refractivity contribution in [3.8, 4) is 11.7 Å². The number of benzene rings is 1. The lowest BCUT2D eigenvalue weighted by molar-refractivity contribution is 0.476. The molecule has 0 radical (unpaired) electrons. The van der Waals surface area contributed by atoms with Gasteiger partial charge in [0.1, 0.15) is 5.58 Å². The minimum atomic E-state index is 0.455. The number of aryl methyl sites for hydroxylation is 1. The van der Waals surface area contributed by atoms with E-state index >= 15 is 0 Å².